The van der Waals surface area contributed by atoms with E-state index in [2.05, 4.69) is 21.2 Å². The van der Waals surface area contributed by atoms with Crippen molar-refractivity contribution in [2.24, 2.45) is 0 Å². The van der Waals surface area contributed by atoms with E-state index >= 15 is 0 Å². The van der Waals surface area contributed by atoms with Crippen molar-refractivity contribution in [1.29, 1.82) is 0 Å². The lowest BCUT2D eigenvalue weighted by atomic mass is 10.1. The van der Waals surface area contributed by atoms with Crippen LogP contribution in [0.3, 0.4) is 0 Å². The van der Waals surface area contributed by atoms with Crippen molar-refractivity contribution >= 4 is 44.5 Å². The van der Waals surface area contributed by atoms with Gasteiger partial charge in [-0.05, 0) is 48.9 Å². The Morgan fingerprint density at radius 1 is 1.12 bits per heavy atom. The summed E-state index contributed by atoms with van der Waals surface area (Å²) in [5, 5.41) is 12.3. The third-order valence-electron chi connectivity index (χ3n) is 3.75. The highest BCUT2D eigenvalue weighted by molar-refractivity contribution is 9.10. The Kier molecular flexibility index (Phi) is 4.41. The maximum Gasteiger partial charge on any atom is 0.349 e. The Bertz CT molecular complexity index is 1070. The first-order valence-electron chi connectivity index (χ1n) is 7.24. The lowest BCUT2D eigenvalue weighted by molar-refractivity contribution is 0.0695. The second-order valence-corrected chi connectivity index (χ2v) is 6.28. The molecule has 3 aromatic rings. The topological polar surface area (TPSA) is 96.6 Å². The number of amides is 1. The number of carbonyl (C=O) groups excluding carboxylic acids is 1. The van der Waals surface area contributed by atoms with Gasteiger partial charge in [0.25, 0.3) is 5.91 Å². The van der Waals surface area contributed by atoms with Crippen LogP contribution in [-0.2, 0) is 0 Å². The third kappa shape index (κ3) is 3.32. The van der Waals surface area contributed by atoms with E-state index in [1.54, 1.807) is 31.2 Å². The Hall–Kier alpha value is -2.93. The largest absolute Gasteiger partial charge is 0.478 e. The van der Waals surface area contributed by atoms with E-state index in [1.807, 2.05) is 0 Å². The molecule has 0 aliphatic carbocycles. The average molecular weight is 402 g/mol. The maximum absolute atomic E-state index is 12.5. The standard InChI is InChI=1S/C18H12BrNO5/c1-9-12(17(22)23)3-2-4-14(9)20-16(21)13-8-10-7-11(19)5-6-15(10)25-18(13)24/h2-8H,1H3,(H,20,21)(H,22,23). The van der Waals surface area contributed by atoms with Crippen LogP contribution in [-0.4, -0.2) is 17.0 Å². The zero-order chi connectivity index (χ0) is 18.1. The molecule has 0 aliphatic rings. The monoisotopic (exact) mass is 401 g/mol. The zero-order valence-electron chi connectivity index (χ0n) is 13.0. The van der Waals surface area contributed by atoms with Crippen molar-refractivity contribution in [1.82, 2.24) is 0 Å². The van der Waals surface area contributed by atoms with Crippen LogP contribution in [0, 0.1) is 6.92 Å². The SMILES string of the molecule is Cc1c(NC(=O)c2cc3cc(Br)ccc3oc2=O)cccc1C(=O)O. The summed E-state index contributed by atoms with van der Waals surface area (Å²) in [6, 6.07) is 11.1. The quantitative estimate of drug-likeness (QED) is 0.650. The predicted molar refractivity (Wildman–Crippen MR) is 96.3 cm³/mol. The molecule has 2 N–H and O–H groups in total. The summed E-state index contributed by atoms with van der Waals surface area (Å²) in [5.41, 5.74) is 0.237. The van der Waals surface area contributed by atoms with Crippen LogP contribution in [0.5, 0.6) is 0 Å². The summed E-state index contributed by atoms with van der Waals surface area (Å²) < 4.78 is 5.95. The fourth-order valence-electron chi connectivity index (χ4n) is 2.44. The summed E-state index contributed by atoms with van der Waals surface area (Å²) in [4.78, 5) is 35.7. The molecule has 0 spiro atoms. The molecule has 25 heavy (non-hydrogen) atoms. The number of aromatic carboxylic acids is 1. The summed E-state index contributed by atoms with van der Waals surface area (Å²) in [6.07, 6.45) is 0. The van der Waals surface area contributed by atoms with Gasteiger partial charge in [0, 0.05) is 15.5 Å². The van der Waals surface area contributed by atoms with Crippen LogP contribution < -0.4 is 10.9 Å². The number of hydrogen-bond donors (Lipinski definition) is 2. The summed E-state index contributed by atoms with van der Waals surface area (Å²) in [6.45, 7) is 1.58. The fourth-order valence-corrected chi connectivity index (χ4v) is 2.82. The molecule has 7 heteroatoms. The molecule has 0 bridgehead atoms. The highest BCUT2D eigenvalue weighted by Gasteiger charge is 2.17. The molecule has 0 radical (unpaired) electrons. The second kappa shape index (κ2) is 6.52. The normalized spacial score (nSPS) is 10.6. The van der Waals surface area contributed by atoms with E-state index < -0.39 is 17.5 Å². The molecule has 0 atom stereocenters. The highest BCUT2D eigenvalue weighted by atomic mass is 79.9. The van der Waals surface area contributed by atoms with Gasteiger partial charge in [-0.1, -0.05) is 22.0 Å². The lowest BCUT2D eigenvalue weighted by Gasteiger charge is -2.10. The van der Waals surface area contributed by atoms with Gasteiger partial charge in [0.05, 0.1) is 5.56 Å². The first-order chi connectivity index (χ1) is 11.9. The minimum atomic E-state index is -1.09. The molecule has 2 aromatic carbocycles. The van der Waals surface area contributed by atoms with Gasteiger partial charge in [-0.15, -0.1) is 0 Å². The van der Waals surface area contributed by atoms with Gasteiger partial charge in [-0.25, -0.2) is 9.59 Å². The van der Waals surface area contributed by atoms with Crippen molar-refractivity contribution < 1.29 is 19.1 Å². The van der Waals surface area contributed by atoms with Crippen LogP contribution in [0.2, 0.25) is 0 Å². The van der Waals surface area contributed by atoms with Gasteiger partial charge < -0.3 is 14.8 Å². The van der Waals surface area contributed by atoms with Crippen molar-refractivity contribution in [2.75, 3.05) is 5.32 Å². The van der Waals surface area contributed by atoms with Crippen LogP contribution in [0.1, 0.15) is 26.3 Å². The van der Waals surface area contributed by atoms with Crippen molar-refractivity contribution in [2.45, 2.75) is 6.92 Å². The minimum Gasteiger partial charge on any atom is -0.478 e. The second-order valence-electron chi connectivity index (χ2n) is 5.37. The molecule has 0 saturated heterocycles. The minimum absolute atomic E-state index is 0.0762. The molecule has 1 amide bonds. The van der Waals surface area contributed by atoms with Crippen molar-refractivity contribution in [3.05, 3.63) is 74.0 Å². The number of fused-ring (bicyclic) bond motifs is 1. The van der Waals surface area contributed by atoms with Gasteiger partial charge in [0.15, 0.2) is 0 Å². The van der Waals surface area contributed by atoms with Gasteiger partial charge >= 0.3 is 11.6 Å². The zero-order valence-corrected chi connectivity index (χ0v) is 14.6. The molecule has 1 aromatic heterocycles. The van der Waals surface area contributed by atoms with Crippen molar-refractivity contribution in [3.8, 4) is 0 Å². The molecule has 6 nitrogen and oxygen atoms in total. The Morgan fingerprint density at radius 2 is 1.88 bits per heavy atom. The van der Waals surface area contributed by atoms with Crippen molar-refractivity contribution in [3.63, 3.8) is 0 Å². The van der Waals surface area contributed by atoms with Crippen LogP contribution in [0.4, 0.5) is 5.69 Å². The summed E-state index contributed by atoms with van der Waals surface area (Å²) in [5.74, 6) is -1.76. The molecule has 0 unspecified atom stereocenters. The third-order valence-corrected chi connectivity index (χ3v) is 4.24. The number of nitrogens with one attached hydrogen (secondary N) is 1. The number of rotatable bonds is 3. The van der Waals surface area contributed by atoms with Crippen LogP contribution in [0.15, 0.2) is 56.1 Å². The van der Waals surface area contributed by atoms with Gasteiger partial charge in [-0.3, -0.25) is 4.79 Å². The van der Waals surface area contributed by atoms with Gasteiger partial charge in [-0.2, -0.15) is 0 Å². The first kappa shape index (κ1) is 16.9. The Morgan fingerprint density at radius 3 is 2.60 bits per heavy atom. The highest BCUT2D eigenvalue weighted by Crippen LogP contribution is 2.22. The summed E-state index contributed by atoms with van der Waals surface area (Å²) in [7, 11) is 0. The predicted octanol–water partition coefficient (Wildman–Crippen LogP) is 3.81. The molecule has 0 saturated carbocycles. The van der Waals surface area contributed by atoms with E-state index in [-0.39, 0.29) is 11.1 Å². The number of carboxylic acids is 1. The van der Waals surface area contributed by atoms with E-state index in [0.717, 1.165) is 4.47 Å². The molecular formula is C18H12BrNO5. The van der Waals surface area contributed by atoms with Gasteiger partial charge in [0.2, 0.25) is 0 Å². The summed E-state index contributed by atoms with van der Waals surface area (Å²) >= 11 is 3.32. The smallest absolute Gasteiger partial charge is 0.349 e. The van der Waals surface area contributed by atoms with E-state index in [0.29, 0.717) is 22.2 Å². The average Bonchev–Trinajstić information content (AvgIpc) is 2.56. The molecular weight excluding hydrogens is 390 g/mol. The Labute approximate surface area is 150 Å². The molecule has 126 valence electrons. The van der Waals surface area contributed by atoms with E-state index in [1.165, 1.54) is 18.2 Å². The number of anilines is 1. The van der Waals surface area contributed by atoms with E-state index in [9.17, 15) is 14.4 Å². The number of hydrogen-bond acceptors (Lipinski definition) is 4. The number of carboxylic acid groups (broad SMARTS) is 1. The van der Waals surface area contributed by atoms with Crippen LogP contribution in [0.25, 0.3) is 11.0 Å². The lowest BCUT2D eigenvalue weighted by Crippen LogP contribution is -2.21. The fraction of sp³-hybridized carbons (Fsp3) is 0.0556. The van der Waals surface area contributed by atoms with Gasteiger partial charge in [0.1, 0.15) is 11.1 Å². The number of halogens is 1. The molecule has 3 rings (SSSR count). The molecule has 0 fully saturated rings. The Balaban J connectivity index is 2.01. The molecule has 0 aliphatic heterocycles. The number of carbonyl (C=O) groups is 2. The first-order valence-corrected chi connectivity index (χ1v) is 8.04. The molecule has 1 heterocycles. The number of benzene rings is 2. The van der Waals surface area contributed by atoms with Crippen LogP contribution >= 0.6 is 15.9 Å². The maximum atomic E-state index is 12.5. The van der Waals surface area contributed by atoms with E-state index in [4.69, 9.17) is 9.52 Å².